The molecule has 1 N–H and O–H groups in total. The highest BCUT2D eigenvalue weighted by atomic mass is 16.5. The van der Waals surface area contributed by atoms with Crippen LogP contribution in [0.15, 0.2) is 0 Å². The first-order chi connectivity index (χ1) is 5.54. The fourth-order valence-corrected chi connectivity index (χ4v) is 0.573. The quantitative estimate of drug-likeness (QED) is 0.492. The van der Waals surface area contributed by atoms with E-state index >= 15 is 0 Å². The maximum atomic E-state index is 10.9. The van der Waals surface area contributed by atoms with Crippen LogP contribution < -0.4 is 5.32 Å². The Bertz CT molecular complexity index is 166. The van der Waals surface area contributed by atoms with Crippen LogP contribution in [0.2, 0.25) is 0 Å². The van der Waals surface area contributed by atoms with Crippen LogP contribution >= 0.6 is 0 Å². The molecule has 0 aromatic heterocycles. The van der Waals surface area contributed by atoms with E-state index in [-0.39, 0.29) is 24.4 Å². The second-order valence-electron chi connectivity index (χ2n) is 2.79. The van der Waals surface area contributed by atoms with Crippen molar-refractivity contribution in [3.8, 4) is 0 Å². The van der Waals surface area contributed by atoms with Crippen molar-refractivity contribution in [1.82, 2.24) is 5.32 Å². The van der Waals surface area contributed by atoms with Crippen LogP contribution in [-0.4, -0.2) is 25.0 Å². The fraction of sp³-hybridized carbons (Fsp3) is 0.750. The highest BCUT2D eigenvalue weighted by molar-refractivity contribution is 5.77. The van der Waals surface area contributed by atoms with E-state index in [0.717, 1.165) is 0 Å². The number of amides is 1. The molecule has 1 amide bonds. The third-order valence-corrected chi connectivity index (χ3v) is 1.23. The summed E-state index contributed by atoms with van der Waals surface area (Å²) in [7, 11) is 0. The van der Waals surface area contributed by atoms with Crippen molar-refractivity contribution in [2.75, 3.05) is 13.2 Å². The Balaban J connectivity index is 3.32. The Labute approximate surface area is 72.3 Å². The topological polar surface area (TPSA) is 55.4 Å². The first-order valence-corrected chi connectivity index (χ1v) is 3.95. The van der Waals surface area contributed by atoms with Gasteiger partial charge < -0.3 is 10.1 Å². The molecular weight excluding hydrogens is 158 g/mol. The van der Waals surface area contributed by atoms with Gasteiger partial charge in [-0.25, -0.2) is 0 Å². The number of hydrogen-bond acceptors (Lipinski definition) is 3. The molecule has 0 fully saturated rings. The molecular formula is C8H15NO3. The van der Waals surface area contributed by atoms with Gasteiger partial charge in [-0.1, -0.05) is 13.8 Å². The second-order valence-corrected chi connectivity index (χ2v) is 2.79. The van der Waals surface area contributed by atoms with Gasteiger partial charge in [-0.15, -0.1) is 0 Å². The molecule has 0 spiro atoms. The molecule has 0 aromatic rings. The lowest BCUT2D eigenvalue weighted by atomic mass is 10.2. The van der Waals surface area contributed by atoms with E-state index in [1.54, 1.807) is 13.8 Å². The maximum absolute atomic E-state index is 10.9. The van der Waals surface area contributed by atoms with Crippen LogP contribution in [0.4, 0.5) is 0 Å². The van der Waals surface area contributed by atoms with Gasteiger partial charge >= 0.3 is 5.97 Å². The van der Waals surface area contributed by atoms with Gasteiger partial charge in [0.05, 0.1) is 6.54 Å². The predicted octanol–water partition coefficient (Wildman–Crippen LogP) is 0.322. The monoisotopic (exact) mass is 173 g/mol. The Morgan fingerprint density at radius 1 is 1.42 bits per heavy atom. The molecule has 0 saturated carbocycles. The summed E-state index contributed by atoms with van der Waals surface area (Å²) in [5.41, 5.74) is 0. The van der Waals surface area contributed by atoms with Crippen molar-refractivity contribution in [3.05, 3.63) is 0 Å². The van der Waals surface area contributed by atoms with Crippen molar-refractivity contribution in [1.29, 1.82) is 0 Å². The zero-order valence-electron chi connectivity index (χ0n) is 7.72. The molecule has 0 unspecified atom stereocenters. The summed E-state index contributed by atoms with van der Waals surface area (Å²) < 4.78 is 4.62. The van der Waals surface area contributed by atoms with Gasteiger partial charge in [0, 0.05) is 12.8 Å². The lowest BCUT2D eigenvalue weighted by Crippen LogP contribution is -2.31. The number of carbonyl (C=O) groups excluding carboxylic acids is 2. The highest BCUT2D eigenvalue weighted by Crippen LogP contribution is 1.89. The Morgan fingerprint density at radius 2 is 2.00 bits per heavy atom. The van der Waals surface area contributed by atoms with Crippen molar-refractivity contribution in [3.63, 3.8) is 0 Å². The van der Waals surface area contributed by atoms with Gasteiger partial charge in [-0.3, -0.25) is 9.59 Å². The maximum Gasteiger partial charge on any atom is 0.302 e. The second kappa shape index (κ2) is 5.57. The molecule has 12 heavy (non-hydrogen) atoms. The number of carbonyl (C=O) groups is 2. The molecule has 4 nitrogen and oxygen atoms in total. The largest absolute Gasteiger partial charge is 0.464 e. The molecule has 0 atom stereocenters. The molecule has 0 heterocycles. The van der Waals surface area contributed by atoms with Crippen molar-refractivity contribution < 1.29 is 14.3 Å². The van der Waals surface area contributed by atoms with Gasteiger partial charge in [0.25, 0.3) is 0 Å². The molecule has 4 heteroatoms. The van der Waals surface area contributed by atoms with E-state index in [2.05, 4.69) is 10.1 Å². The average Bonchev–Trinajstić information content (AvgIpc) is 1.97. The van der Waals surface area contributed by atoms with E-state index in [4.69, 9.17) is 0 Å². The first-order valence-electron chi connectivity index (χ1n) is 3.95. The summed E-state index contributed by atoms with van der Waals surface area (Å²) in [6.45, 7) is 5.58. The van der Waals surface area contributed by atoms with E-state index in [1.165, 1.54) is 6.92 Å². The summed E-state index contributed by atoms with van der Waals surface area (Å²) in [6.07, 6.45) is 0. The van der Waals surface area contributed by atoms with E-state index in [9.17, 15) is 9.59 Å². The zero-order valence-corrected chi connectivity index (χ0v) is 7.72. The summed E-state index contributed by atoms with van der Waals surface area (Å²) >= 11 is 0. The van der Waals surface area contributed by atoms with Gasteiger partial charge in [0.1, 0.15) is 6.61 Å². The summed E-state index contributed by atoms with van der Waals surface area (Å²) in [5.74, 6) is -0.377. The third-order valence-electron chi connectivity index (χ3n) is 1.23. The molecule has 70 valence electrons. The van der Waals surface area contributed by atoms with E-state index < -0.39 is 0 Å². The van der Waals surface area contributed by atoms with Crippen LogP contribution in [-0.2, 0) is 14.3 Å². The molecule has 0 rings (SSSR count). The summed E-state index contributed by atoms with van der Waals surface area (Å²) in [6, 6.07) is 0. The molecule has 0 saturated heterocycles. The van der Waals surface area contributed by atoms with Gasteiger partial charge in [-0.2, -0.15) is 0 Å². The number of esters is 1. The van der Waals surface area contributed by atoms with Crippen molar-refractivity contribution in [2.45, 2.75) is 20.8 Å². The Hall–Kier alpha value is -1.06. The molecule has 0 aliphatic heterocycles. The lowest BCUT2D eigenvalue weighted by Gasteiger charge is -2.06. The Kier molecular flexibility index (Phi) is 5.08. The standard InChI is InChI=1S/C8H15NO3/c1-6(2)8(11)9-4-5-12-7(3)10/h6H,4-5H2,1-3H3,(H,9,11). The number of hydrogen-bond donors (Lipinski definition) is 1. The first kappa shape index (κ1) is 10.9. The fourth-order valence-electron chi connectivity index (χ4n) is 0.573. The smallest absolute Gasteiger partial charge is 0.302 e. The van der Waals surface area contributed by atoms with Crippen LogP contribution in [0.3, 0.4) is 0 Å². The summed E-state index contributed by atoms with van der Waals surface area (Å²) in [5, 5.41) is 2.62. The predicted molar refractivity (Wildman–Crippen MR) is 44.5 cm³/mol. The minimum absolute atomic E-state index is 0.0256. The molecule has 0 radical (unpaired) electrons. The average molecular weight is 173 g/mol. The zero-order chi connectivity index (χ0) is 9.56. The number of ether oxygens (including phenoxy) is 1. The molecule has 0 aromatic carbocycles. The number of rotatable bonds is 4. The third kappa shape index (κ3) is 5.70. The van der Waals surface area contributed by atoms with Crippen molar-refractivity contribution in [2.24, 2.45) is 5.92 Å². The molecule has 0 aliphatic carbocycles. The summed E-state index contributed by atoms with van der Waals surface area (Å²) in [4.78, 5) is 21.2. The van der Waals surface area contributed by atoms with Crippen LogP contribution in [0.5, 0.6) is 0 Å². The molecule has 0 aliphatic rings. The van der Waals surface area contributed by atoms with Gasteiger partial charge in [0.15, 0.2) is 0 Å². The lowest BCUT2D eigenvalue weighted by molar-refractivity contribution is -0.141. The van der Waals surface area contributed by atoms with Crippen LogP contribution in [0, 0.1) is 5.92 Å². The normalized spacial score (nSPS) is 9.67. The van der Waals surface area contributed by atoms with Gasteiger partial charge in [0.2, 0.25) is 5.91 Å². The van der Waals surface area contributed by atoms with Crippen LogP contribution in [0.25, 0.3) is 0 Å². The Morgan fingerprint density at radius 3 is 2.42 bits per heavy atom. The van der Waals surface area contributed by atoms with Crippen LogP contribution in [0.1, 0.15) is 20.8 Å². The number of nitrogens with one attached hydrogen (secondary N) is 1. The highest BCUT2D eigenvalue weighted by Gasteiger charge is 2.04. The minimum Gasteiger partial charge on any atom is -0.464 e. The van der Waals surface area contributed by atoms with Crippen molar-refractivity contribution >= 4 is 11.9 Å². The van der Waals surface area contributed by atoms with E-state index in [0.29, 0.717) is 6.54 Å². The molecule has 0 bridgehead atoms. The minimum atomic E-state index is -0.325. The van der Waals surface area contributed by atoms with Gasteiger partial charge in [-0.05, 0) is 0 Å². The SMILES string of the molecule is CC(=O)OCCNC(=O)C(C)C. The van der Waals surface area contributed by atoms with E-state index in [1.807, 2.05) is 0 Å².